The zero-order valence-electron chi connectivity index (χ0n) is 13.2. The molecular formula is C16H21BrN2O3. The Balaban J connectivity index is 0.00000176. The van der Waals surface area contributed by atoms with Crippen molar-refractivity contribution in [3.05, 3.63) is 33.8 Å². The first-order valence-corrected chi connectivity index (χ1v) is 7.80. The first-order chi connectivity index (χ1) is 9.74. The van der Waals surface area contributed by atoms with Crippen molar-refractivity contribution in [3.8, 4) is 0 Å². The van der Waals surface area contributed by atoms with Crippen molar-refractivity contribution >= 4 is 27.7 Å². The zero-order chi connectivity index (χ0) is 15.3. The molecule has 2 N–H and O–H groups in total. The molecule has 0 aromatic heterocycles. The van der Waals surface area contributed by atoms with Crippen LogP contribution < -0.4 is 0 Å². The number of benzene rings is 1. The van der Waals surface area contributed by atoms with Crippen LogP contribution in [0.3, 0.4) is 0 Å². The Morgan fingerprint density at radius 3 is 1.59 bits per heavy atom. The van der Waals surface area contributed by atoms with Crippen molar-refractivity contribution in [1.82, 2.24) is 0 Å². The van der Waals surface area contributed by atoms with Gasteiger partial charge in [-0.05, 0) is 45.9 Å². The summed E-state index contributed by atoms with van der Waals surface area (Å²) in [5, 5.41) is 0. The summed E-state index contributed by atoms with van der Waals surface area (Å²) in [6.07, 6.45) is 0. The van der Waals surface area contributed by atoms with E-state index in [2.05, 4.69) is 53.6 Å². The van der Waals surface area contributed by atoms with Gasteiger partial charge in [0.1, 0.15) is 13.2 Å². The minimum Gasteiger partial charge on any atom is -0.475 e. The minimum absolute atomic E-state index is 0. The molecule has 0 aliphatic carbocycles. The maximum Gasteiger partial charge on any atom is 0.216 e. The van der Waals surface area contributed by atoms with E-state index in [-0.39, 0.29) is 16.6 Å². The van der Waals surface area contributed by atoms with Gasteiger partial charge in [0.25, 0.3) is 0 Å². The molecule has 0 bridgehead atoms. The Labute approximate surface area is 138 Å². The summed E-state index contributed by atoms with van der Waals surface area (Å²) < 4.78 is 12.4. The lowest BCUT2D eigenvalue weighted by Gasteiger charge is -2.07. The molecule has 5 nitrogen and oxygen atoms in total. The average Bonchev–Trinajstić information content (AvgIpc) is 2.91. The molecular weight excluding hydrogens is 348 g/mol. The second kappa shape index (κ2) is 5.66. The van der Waals surface area contributed by atoms with Crippen molar-refractivity contribution in [2.45, 2.75) is 38.8 Å². The third kappa shape index (κ3) is 3.50. The van der Waals surface area contributed by atoms with Gasteiger partial charge < -0.3 is 14.9 Å². The van der Waals surface area contributed by atoms with Gasteiger partial charge in [-0.25, -0.2) is 9.98 Å². The molecule has 0 amide bonds. The molecule has 2 aliphatic heterocycles. The summed E-state index contributed by atoms with van der Waals surface area (Å²) in [6.45, 7) is 9.46. The molecule has 22 heavy (non-hydrogen) atoms. The van der Waals surface area contributed by atoms with Crippen LogP contribution in [0, 0.1) is 0 Å². The Morgan fingerprint density at radius 2 is 1.27 bits per heavy atom. The fraction of sp³-hybridized carbons (Fsp3) is 0.500. The predicted molar refractivity (Wildman–Crippen MR) is 90.9 cm³/mol. The summed E-state index contributed by atoms with van der Waals surface area (Å²) in [7, 11) is 0. The average molecular weight is 369 g/mol. The summed E-state index contributed by atoms with van der Waals surface area (Å²) >= 11 is 3.54. The van der Waals surface area contributed by atoms with Crippen LogP contribution in [-0.4, -0.2) is 41.6 Å². The molecule has 0 atom stereocenters. The minimum atomic E-state index is -0.165. The molecule has 6 heteroatoms. The van der Waals surface area contributed by atoms with E-state index in [1.54, 1.807) is 0 Å². The van der Waals surface area contributed by atoms with Crippen LogP contribution in [-0.2, 0) is 9.47 Å². The van der Waals surface area contributed by atoms with E-state index in [9.17, 15) is 0 Å². The number of rotatable bonds is 2. The lowest BCUT2D eigenvalue weighted by atomic mass is 10.1. The Hall–Kier alpha value is -1.40. The SMILES string of the molecule is CC1(C)COC(c2cc(Br)cc(C3=NC(C)(C)CO3)c2)=N1.O. The van der Waals surface area contributed by atoms with E-state index < -0.39 is 0 Å². The molecule has 0 saturated carbocycles. The molecule has 1 aromatic rings. The van der Waals surface area contributed by atoms with E-state index >= 15 is 0 Å². The van der Waals surface area contributed by atoms with Gasteiger partial charge in [-0.15, -0.1) is 0 Å². The van der Waals surface area contributed by atoms with Gasteiger partial charge in [-0.1, -0.05) is 15.9 Å². The van der Waals surface area contributed by atoms with Gasteiger partial charge in [0.05, 0.1) is 11.1 Å². The molecule has 0 fully saturated rings. The number of nitrogens with zero attached hydrogens (tertiary/aromatic N) is 2. The fourth-order valence-electron chi connectivity index (χ4n) is 2.30. The van der Waals surface area contributed by atoms with Crippen molar-refractivity contribution in [2.24, 2.45) is 9.98 Å². The second-order valence-corrected chi connectivity index (χ2v) is 7.68. The fourth-order valence-corrected chi connectivity index (χ4v) is 2.79. The van der Waals surface area contributed by atoms with Crippen LogP contribution in [0.15, 0.2) is 32.7 Å². The van der Waals surface area contributed by atoms with Crippen molar-refractivity contribution in [3.63, 3.8) is 0 Å². The Bertz CT molecular complexity index is 599. The van der Waals surface area contributed by atoms with Crippen molar-refractivity contribution in [2.75, 3.05) is 13.2 Å². The van der Waals surface area contributed by atoms with Crippen molar-refractivity contribution < 1.29 is 14.9 Å². The molecule has 0 spiro atoms. The molecule has 0 saturated heterocycles. The lowest BCUT2D eigenvalue weighted by molar-refractivity contribution is 0.279. The Kier molecular flexibility index (Phi) is 4.37. The molecule has 0 radical (unpaired) electrons. The van der Waals surface area contributed by atoms with Crippen LogP contribution in [0.25, 0.3) is 0 Å². The summed E-state index contributed by atoms with van der Waals surface area (Å²) in [5.74, 6) is 1.36. The number of aliphatic imine (C=N–C) groups is 2. The van der Waals surface area contributed by atoms with Crippen LogP contribution in [0.2, 0.25) is 0 Å². The number of hydrogen-bond acceptors (Lipinski definition) is 4. The topological polar surface area (TPSA) is 74.7 Å². The van der Waals surface area contributed by atoms with Gasteiger partial charge in [0, 0.05) is 15.6 Å². The smallest absolute Gasteiger partial charge is 0.216 e. The standard InChI is InChI=1S/C16H19BrN2O2.H2O/c1-15(2)8-20-13(18-15)10-5-11(7-12(17)6-10)14-19-16(3,4)9-21-14;/h5-7H,8-9H2,1-4H3;1H2. The second-order valence-electron chi connectivity index (χ2n) is 6.76. The Morgan fingerprint density at radius 1 is 0.864 bits per heavy atom. The first kappa shape index (κ1) is 17.0. The highest BCUT2D eigenvalue weighted by Gasteiger charge is 2.29. The molecule has 120 valence electrons. The highest BCUT2D eigenvalue weighted by atomic mass is 79.9. The third-order valence-corrected chi connectivity index (χ3v) is 3.78. The van der Waals surface area contributed by atoms with E-state index in [0.29, 0.717) is 25.0 Å². The van der Waals surface area contributed by atoms with Gasteiger partial charge >= 0.3 is 0 Å². The number of ether oxygens (including phenoxy) is 2. The van der Waals surface area contributed by atoms with Gasteiger partial charge in [0.2, 0.25) is 11.8 Å². The van der Waals surface area contributed by atoms with Crippen molar-refractivity contribution in [1.29, 1.82) is 0 Å². The monoisotopic (exact) mass is 368 g/mol. The molecule has 0 unspecified atom stereocenters. The predicted octanol–water partition coefficient (Wildman–Crippen LogP) is 2.74. The van der Waals surface area contributed by atoms with Gasteiger partial charge in [0.15, 0.2) is 0 Å². The first-order valence-electron chi connectivity index (χ1n) is 7.01. The van der Waals surface area contributed by atoms with Gasteiger partial charge in [-0.3, -0.25) is 0 Å². The van der Waals surface area contributed by atoms with E-state index in [1.807, 2.05) is 18.2 Å². The zero-order valence-corrected chi connectivity index (χ0v) is 14.8. The van der Waals surface area contributed by atoms with Gasteiger partial charge in [-0.2, -0.15) is 0 Å². The van der Waals surface area contributed by atoms with E-state index in [0.717, 1.165) is 15.6 Å². The summed E-state index contributed by atoms with van der Waals surface area (Å²) in [4.78, 5) is 9.24. The third-order valence-electron chi connectivity index (χ3n) is 3.32. The largest absolute Gasteiger partial charge is 0.475 e. The lowest BCUT2D eigenvalue weighted by Crippen LogP contribution is -2.17. The number of halogens is 1. The number of hydrogen-bond donors (Lipinski definition) is 0. The molecule has 1 aromatic carbocycles. The van der Waals surface area contributed by atoms with E-state index in [1.165, 1.54) is 0 Å². The maximum atomic E-state index is 5.72. The molecule has 3 rings (SSSR count). The molecule has 2 aliphatic rings. The van der Waals surface area contributed by atoms with Crippen LogP contribution in [0.4, 0.5) is 0 Å². The van der Waals surface area contributed by atoms with Crippen LogP contribution >= 0.6 is 15.9 Å². The summed E-state index contributed by atoms with van der Waals surface area (Å²) in [6, 6.07) is 6.03. The highest BCUT2D eigenvalue weighted by molar-refractivity contribution is 9.10. The summed E-state index contributed by atoms with van der Waals surface area (Å²) in [5.41, 5.74) is 1.56. The molecule has 2 heterocycles. The highest BCUT2D eigenvalue weighted by Crippen LogP contribution is 2.26. The van der Waals surface area contributed by atoms with E-state index in [4.69, 9.17) is 9.47 Å². The van der Waals surface area contributed by atoms with Crippen LogP contribution in [0.5, 0.6) is 0 Å². The maximum absolute atomic E-state index is 5.72. The quantitative estimate of drug-likeness (QED) is 0.804. The van der Waals surface area contributed by atoms with Crippen LogP contribution in [0.1, 0.15) is 38.8 Å². The normalized spacial score (nSPS) is 21.3.